The van der Waals surface area contributed by atoms with Gasteiger partial charge >= 0.3 is 5.97 Å². The van der Waals surface area contributed by atoms with Gasteiger partial charge in [-0.1, -0.05) is 30.3 Å². The molecule has 0 unspecified atom stereocenters. The van der Waals surface area contributed by atoms with Gasteiger partial charge in [-0.3, -0.25) is 14.4 Å². The third-order valence-electron chi connectivity index (χ3n) is 5.24. The standard InChI is InChI=1S/C27H28N2O5/c1-17-11-12-18(2)26(19(17)3)33-16-25(31)29-23-9-5-7-21(13-23)15-28-27(32)22-8-6-10-24(14-22)34-20(4)30/h5-14H,15-16H2,1-4H3,(H,28,32)(H,29,31). The summed E-state index contributed by atoms with van der Waals surface area (Å²) in [5.74, 6) is 0.00278. The number of rotatable bonds is 8. The van der Waals surface area contributed by atoms with Crippen molar-refractivity contribution in [3.63, 3.8) is 0 Å². The minimum Gasteiger partial charge on any atom is -0.483 e. The second-order valence-corrected chi connectivity index (χ2v) is 7.99. The Bertz CT molecular complexity index is 1220. The fourth-order valence-electron chi connectivity index (χ4n) is 3.39. The fourth-order valence-corrected chi connectivity index (χ4v) is 3.39. The highest BCUT2D eigenvalue weighted by Gasteiger charge is 2.11. The van der Waals surface area contributed by atoms with Gasteiger partial charge in [0.25, 0.3) is 11.8 Å². The zero-order valence-electron chi connectivity index (χ0n) is 19.7. The Hall–Kier alpha value is -4.13. The van der Waals surface area contributed by atoms with Crippen LogP contribution in [0.1, 0.15) is 39.5 Å². The lowest BCUT2D eigenvalue weighted by Gasteiger charge is -2.14. The van der Waals surface area contributed by atoms with E-state index in [1.807, 2.05) is 39.0 Å². The first-order valence-corrected chi connectivity index (χ1v) is 10.9. The Labute approximate surface area is 199 Å². The smallest absolute Gasteiger partial charge is 0.308 e. The summed E-state index contributed by atoms with van der Waals surface area (Å²) in [4.78, 5) is 36.0. The summed E-state index contributed by atoms with van der Waals surface area (Å²) >= 11 is 0. The Morgan fingerprint density at radius 1 is 0.882 bits per heavy atom. The maximum Gasteiger partial charge on any atom is 0.308 e. The number of amides is 2. The van der Waals surface area contributed by atoms with Crippen molar-refractivity contribution in [2.45, 2.75) is 34.2 Å². The van der Waals surface area contributed by atoms with Crippen LogP contribution < -0.4 is 20.1 Å². The number of nitrogens with one attached hydrogen (secondary N) is 2. The monoisotopic (exact) mass is 460 g/mol. The largest absolute Gasteiger partial charge is 0.483 e. The van der Waals surface area contributed by atoms with Crippen molar-refractivity contribution in [3.05, 3.63) is 88.5 Å². The Morgan fingerprint density at radius 2 is 1.62 bits per heavy atom. The van der Waals surface area contributed by atoms with Crippen LogP contribution in [0.15, 0.2) is 60.7 Å². The number of hydrogen-bond acceptors (Lipinski definition) is 5. The molecule has 7 heteroatoms. The maximum absolute atomic E-state index is 12.5. The Kier molecular flexibility index (Phi) is 8.03. The molecule has 0 spiro atoms. The van der Waals surface area contributed by atoms with Gasteiger partial charge in [-0.25, -0.2) is 0 Å². The van der Waals surface area contributed by atoms with Gasteiger partial charge in [0, 0.05) is 24.7 Å². The molecule has 7 nitrogen and oxygen atoms in total. The molecule has 2 N–H and O–H groups in total. The van der Waals surface area contributed by atoms with Crippen LogP contribution in [0.4, 0.5) is 5.69 Å². The second-order valence-electron chi connectivity index (χ2n) is 7.99. The second kappa shape index (κ2) is 11.1. The molecular weight excluding hydrogens is 432 g/mol. The molecule has 2 amide bonds. The normalized spacial score (nSPS) is 10.4. The van der Waals surface area contributed by atoms with Crippen molar-refractivity contribution < 1.29 is 23.9 Å². The topological polar surface area (TPSA) is 93.7 Å². The van der Waals surface area contributed by atoms with E-state index in [0.29, 0.717) is 17.0 Å². The number of esters is 1. The lowest BCUT2D eigenvalue weighted by molar-refractivity contribution is -0.131. The van der Waals surface area contributed by atoms with Crippen molar-refractivity contribution in [1.82, 2.24) is 5.32 Å². The van der Waals surface area contributed by atoms with Gasteiger partial charge in [0.15, 0.2) is 6.61 Å². The SMILES string of the molecule is CC(=O)Oc1cccc(C(=O)NCc2cccc(NC(=O)COc3c(C)ccc(C)c3C)c2)c1. The lowest BCUT2D eigenvalue weighted by Crippen LogP contribution is -2.23. The number of aryl methyl sites for hydroxylation is 2. The van der Waals surface area contributed by atoms with Gasteiger partial charge < -0.3 is 20.1 Å². The molecule has 176 valence electrons. The fraction of sp³-hybridized carbons (Fsp3) is 0.222. The number of benzene rings is 3. The van der Waals surface area contributed by atoms with E-state index in [4.69, 9.17) is 9.47 Å². The zero-order chi connectivity index (χ0) is 24.7. The first-order chi connectivity index (χ1) is 16.2. The van der Waals surface area contributed by atoms with Crippen molar-refractivity contribution in [3.8, 4) is 11.5 Å². The van der Waals surface area contributed by atoms with Crippen LogP contribution in [0.3, 0.4) is 0 Å². The summed E-state index contributed by atoms with van der Waals surface area (Å²) in [6, 6.07) is 17.6. The highest BCUT2D eigenvalue weighted by molar-refractivity contribution is 5.95. The van der Waals surface area contributed by atoms with Gasteiger partial charge in [0.1, 0.15) is 11.5 Å². The first-order valence-electron chi connectivity index (χ1n) is 10.9. The van der Waals surface area contributed by atoms with Crippen molar-refractivity contribution in [1.29, 1.82) is 0 Å². The summed E-state index contributed by atoms with van der Waals surface area (Å²) < 4.78 is 10.8. The van der Waals surface area contributed by atoms with Crippen molar-refractivity contribution >= 4 is 23.5 Å². The number of hydrogen-bond donors (Lipinski definition) is 2. The minimum absolute atomic E-state index is 0.106. The molecule has 0 atom stereocenters. The average molecular weight is 461 g/mol. The van der Waals surface area contributed by atoms with Crippen molar-refractivity contribution in [2.24, 2.45) is 0 Å². The number of carbonyl (C=O) groups excluding carboxylic acids is 3. The molecule has 0 saturated heterocycles. The van der Waals surface area contributed by atoms with Crippen LogP contribution in [0.5, 0.6) is 11.5 Å². The summed E-state index contributed by atoms with van der Waals surface area (Å²) in [7, 11) is 0. The molecule has 0 aromatic heterocycles. The van der Waals surface area contributed by atoms with E-state index in [0.717, 1.165) is 28.0 Å². The molecule has 3 aromatic rings. The minimum atomic E-state index is -0.453. The number of carbonyl (C=O) groups is 3. The van der Waals surface area contributed by atoms with Gasteiger partial charge in [-0.2, -0.15) is 0 Å². The van der Waals surface area contributed by atoms with E-state index in [9.17, 15) is 14.4 Å². The Balaban J connectivity index is 1.56. The highest BCUT2D eigenvalue weighted by Crippen LogP contribution is 2.25. The van der Waals surface area contributed by atoms with Crippen LogP contribution in [0.25, 0.3) is 0 Å². The van der Waals surface area contributed by atoms with E-state index >= 15 is 0 Å². The number of anilines is 1. The van der Waals surface area contributed by atoms with Crippen LogP contribution in [-0.2, 0) is 16.1 Å². The van der Waals surface area contributed by atoms with Crippen LogP contribution >= 0.6 is 0 Å². The molecular formula is C27H28N2O5. The molecule has 34 heavy (non-hydrogen) atoms. The quantitative estimate of drug-likeness (QED) is 0.382. The van der Waals surface area contributed by atoms with Crippen LogP contribution in [0.2, 0.25) is 0 Å². The third-order valence-corrected chi connectivity index (χ3v) is 5.24. The van der Waals surface area contributed by atoms with E-state index in [2.05, 4.69) is 10.6 Å². The molecule has 0 saturated carbocycles. The molecule has 0 aliphatic rings. The lowest BCUT2D eigenvalue weighted by atomic mass is 10.1. The first kappa shape index (κ1) is 24.5. The summed E-state index contributed by atoms with van der Waals surface area (Å²) in [6.45, 7) is 7.38. The molecule has 3 rings (SSSR count). The Morgan fingerprint density at radius 3 is 2.38 bits per heavy atom. The summed E-state index contributed by atoms with van der Waals surface area (Å²) in [5, 5.41) is 5.65. The average Bonchev–Trinajstić information content (AvgIpc) is 2.80. The molecule has 0 heterocycles. The van der Waals surface area contributed by atoms with E-state index < -0.39 is 5.97 Å². The third kappa shape index (κ3) is 6.68. The maximum atomic E-state index is 12.5. The molecule has 0 bridgehead atoms. The highest BCUT2D eigenvalue weighted by atomic mass is 16.5. The van der Waals surface area contributed by atoms with E-state index in [-0.39, 0.29) is 25.0 Å². The van der Waals surface area contributed by atoms with Crippen LogP contribution in [-0.4, -0.2) is 24.4 Å². The predicted octanol–water partition coefficient (Wildman–Crippen LogP) is 4.48. The molecule has 3 aromatic carbocycles. The van der Waals surface area contributed by atoms with Gasteiger partial charge in [0.2, 0.25) is 0 Å². The molecule has 0 radical (unpaired) electrons. The van der Waals surface area contributed by atoms with Crippen LogP contribution in [0, 0.1) is 20.8 Å². The predicted molar refractivity (Wildman–Crippen MR) is 130 cm³/mol. The van der Waals surface area contributed by atoms with E-state index in [1.165, 1.54) is 13.0 Å². The molecule has 0 fully saturated rings. The van der Waals surface area contributed by atoms with Gasteiger partial charge in [-0.05, 0) is 73.4 Å². The van der Waals surface area contributed by atoms with E-state index in [1.54, 1.807) is 36.4 Å². The van der Waals surface area contributed by atoms with Gasteiger partial charge in [0.05, 0.1) is 0 Å². The molecule has 0 aliphatic heterocycles. The summed E-state index contributed by atoms with van der Waals surface area (Å²) in [5.41, 5.74) is 4.90. The summed E-state index contributed by atoms with van der Waals surface area (Å²) in [6.07, 6.45) is 0. The molecule has 0 aliphatic carbocycles. The van der Waals surface area contributed by atoms with Gasteiger partial charge in [-0.15, -0.1) is 0 Å². The zero-order valence-corrected chi connectivity index (χ0v) is 19.7. The van der Waals surface area contributed by atoms with Crippen molar-refractivity contribution in [2.75, 3.05) is 11.9 Å². The number of ether oxygens (including phenoxy) is 2.